The van der Waals surface area contributed by atoms with Gasteiger partial charge in [0.25, 0.3) is 5.91 Å². The van der Waals surface area contributed by atoms with E-state index in [2.05, 4.69) is 15.9 Å². The van der Waals surface area contributed by atoms with Crippen LogP contribution in [0.4, 0.5) is 0 Å². The molecule has 0 saturated carbocycles. The van der Waals surface area contributed by atoms with Crippen LogP contribution in [0.3, 0.4) is 0 Å². The standard InChI is InChI=1S/C37H43Cl2N5O5/c1-48-32(45)24-43(35(46)33-29-9-5-4-8-26(29)20-28(22-40)34(33)49-2)23-27(25-10-11-30(38)31(39)21-25)12-17-42-18-13-37(14-19-42,36(41)47)44-15-6-3-7-16-44/h4-5,8-11,20-21,27H,3,6-7,12-19,23-24H2,1-2H3,(H2,41,47). The van der Waals surface area contributed by atoms with E-state index in [1.54, 1.807) is 24.3 Å². The number of amides is 2. The van der Waals surface area contributed by atoms with Crippen LogP contribution >= 0.6 is 23.2 Å². The summed E-state index contributed by atoms with van der Waals surface area (Å²) in [5.74, 6) is -1.41. The third-order valence-electron chi connectivity index (χ3n) is 10.1. The van der Waals surface area contributed by atoms with Gasteiger partial charge in [0.05, 0.1) is 35.4 Å². The number of likely N-dealkylation sites (tertiary alicyclic amines) is 2. The minimum atomic E-state index is -0.621. The first kappa shape index (κ1) is 36.4. The van der Waals surface area contributed by atoms with Crippen molar-refractivity contribution >= 4 is 51.8 Å². The number of rotatable bonds is 12. The molecule has 0 spiro atoms. The van der Waals surface area contributed by atoms with Crippen molar-refractivity contribution in [3.63, 3.8) is 0 Å². The van der Waals surface area contributed by atoms with E-state index in [4.69, 9.17) is 38.4 Å². The van der Waals surface area contributed by atoms with Gasteiger partial charge in [-0.3, -0.25) is 19.3 Å². The molecular formula is C37H43Cl2N5O5. The molecule has 0 radical (unpaired) electrons. The topological polar surface area (TPSA) is 129 Å². The van der Waals surface area contributed by atoms with Gasteiger partial charge in [-0.2, -0.15) is 5.26 Å². The molecule has 2 aliphatic heterocycles. The Labute approximate surface area is 297 Å². The number of esters is 1. The average Bonchev–Trinajstić information content (AvgIpc) is 3.13. The lowest BCUT2D eigenvalue weighted by Crippen LogP contribution is -2.63. The fourth-order valence-electron chi connectivity index (χ4n) is 7.35. The Balaban J connectivity index is 1.44. The lowest BCUT2D eigenvalue weighted by atomic mass is 9.83. The third-order valence-corrected chi connectivity index (χ3v) is 10.9. The number of piperidine rings is 2. The molecule has 12 heteroatoms. The zero-order chi connectivity index (χ0) is 35.1. The van der Waals surface area contributed by atoms with Gasteiger partial charge in [-0.1, -0.05) is 60.0 Å². The normalized spacial score (nSPS) is 17.2. The molecule has 3 aromatic carbocycles. The molecule has 10 nitrogen and oxygen atoms in total. The van der Waals surface area contributed by atoms with Crippen LogP contribution in [-0.2, 0) is 14.3 Å². The second-order valence-corrected chi connectivity index (χ2v) is 13.7. The maximum Gasteiger partial charge on any atom is 0.325 e. The SMILES string of the molecule is COC(=O)CN(CC(CCN1CCC(C(N)=O)(N2CCCCC2)CC1)c1ccc(Cl)c(Cl)c1)C(=O)c1c(OC)c(C#N)cc2ccccc12. The molecule has 49 heavy (non-hydrogen) atoms. The smallest absolute Gasteiger partial charge is 0.325 e. The third kappa shape index (κ3) is 7.97. The number of benzene rings is 3. The number of primary amides is 1. The maximum absolute atomic E-state index is 14.6. The summed E-state index contributed by atoms with van der Waals surface area (Å²) in [6.45, 7) is 3.71. The van der Waals surface area contributed by atoms with Crippen molar-refractivity contribution in [2.45, 2.75) is 50.0 Å². The van der Waals surface area contributed by atoms with Gasteiger partial charge < -0.3 is 25.0 Å². The second-order valence-electron chi connectivity index (χ2n) is 12.9. The first-order chi connectivity index (χ1) is 23.6. The largest absolute Gasteiger partial charge is 0.495 e. The van der Waals surface area contributed by atoms with Gasteiger partial charge in [-0.25, -0.2) is 0 Å². The number of fused-ring (bicyclic) bond motifs is 1. The average molecular weight is 709 g/mol. The Morgan fingerprint density at radius 2 is 1.71 bits per heavy atom. The molecule has 0 bridgehead atoms. The first-order valence-corrected chi connectivity index (χ1v) is 17.5. The summed E-state index contributed by atoms with van der Waals surface area (Å²) < 4.78 is 10.7. The molecule has 5 rings (SSSR count). The van der Waals surface area contributed by atoms with Gasteiger partial charge >= 0.3 is 5.97 Å². The van der Waals surface area contributed by atoms with Gasteiger partial charge in [-0.05, 0) is 86.3 Å². The summed E-state index contributed by atoms with van der Waals surface area (Å²) in [6, 6.07) is 16.5. The number of halogens is 2. The van der Waals surface area contributed by atoms with Gasteiger partial charge in [0.1, 0.15) is 23.9 Å². The number of carbonyl (C=O) groups is 3. The van der Waals surface area contributed by atoms with E-state index in [-0.39, 0.29) is 41.8 Å². The van der Waals surface area contributed by atoms with E-state index in [0.29, 0.717) is 59.7 Å². The molecule has 2 heterocycles. The molecule has 0 aromatic heterocycles. The minimum absolute atomic E-state index is 0.145. The Hall–Kier alpha value is -3.88. The van der Waals surface area contributed by atoms with E-state index in [9.17, 15) is 19.6 Å². The molecule has 0 aliphatic carbocycles. The maximum atomic E-state index is 14.6. The molecule has 3 aromatic rings. The lowest BCUT2D eigenvalue weighted by molar-refractivity contribution is -0.141. The minimum Gasteiger partial charge on any atom is -0.495 e. The second kappa shape index (κ2) is 16.2. The number of nitrogens with zero attached hydrogens (tertiary/aromatic N) is 4. The monoisotopic (exact) mass is 707 g/mol. The number of nitrogens with two attached hydrogens (primary N) is 1. The number of nitriles is 1. The quantitative estimate of drug-likeness (QED) is 0.240. The highest BCUT2D eigenvalue weighted by Crippen LogP contribution is 2.36. The van der Waals surface area contributed by atoms with E-state index < -0.39 is 17.4 Å². The fraction of sp³-hybridized carbons (Fsp3) is 0.459. The molecule has 2 aliphatic rings. The van der Waals surface area contributed by atoms with Crippen LogP contribution < -0.4 is 10.5 Å². The Morgan fingerprint density at radius 3 is 2.35 bits per heavy atom. The van der Waals surface area contributed by atoms with E-state index in [1.807, 2.05) is 24.3 Å². The van der Waals surface area contributed by atoms with Gasteiger partial charge in [0.15, 0.2) is 0 Å². The van der Waals surface area contributed by atoms with Crippen molar-refractivity contribution in [2.24, 2.45) is 5.73 Å². The van der Waals surface area contributed by atoms with Gasteiger partial charge in [0, 0.05) is 25.6 Å². The zero-order valence-electron chi connectivity index (χ0n) is 28.1. The van der Waals surface area contributed by atoms with E-state index in [1.165, 1.54) is 25.5 Å². The summed E-state index contributed by atoms with van der Waals surface area (Å²) in [4.78, 5) is 46.2. The van der Waals surface area contributed by atoms with Crippen LogP contribution in [-0.4, -0.2) is 98.1 Å². The highest BCUT2D eigenvalue weighted by Gasteiger charge is 2.45. The molecule has 2 N–H and O–H groups in total. The van der Waals surface area contributed by atoms with Gasteiger partial charge in [-0.15, -0.1) is 0 Å². The first-order valence-electron chi connectivity index (χ1n) is 16.7. The highest BCUT2D eigenvalue weighted by molar-refractivity contribution is 6.42. The van der Waals surface area contributed by atoms with Crippen molar-refractivity contribution < 1.29 is 23.9 Å². The van der Waals surface area contributed by atoms with Crippen molar-refractivity contribution in [3.8, 4) is 11.8 Å². The van der Waals surface area contributed by atoms with Crippen molar-refractivity contribution in [3.05, 3.63) is 75.3 Å². The molecule has 2 amide bonds. The van der Waals surface area contributed by atoms with Crippen LogP contribution in [0.15, 0.2) is 48.5 Å². The molecule has 1 unspecified atom stereocenters. The Bertz CT molecular complexity index is 1730. The number of carbonyl (C=O) groups excluding carboxylic acids is 3. The summed E-state index contributed by atoms with van der Waals surface area (Å²) in [5, 5.41) is 12.0. The van der Waals surface area contributed by atoms with E-state index in [0.717, 1.165) is 31.5 Å². The van der Waals surface area contributed by atoms with Crippen LogP contribution in [0.25, 0.3) is 10.8 Å². The molecule has 2 saturated heterocycles. The molecular weight excluding hydrogens is 665 g/mol. The van der Waals surface area contributed by atoms with Crippen LogP contribution in [0.2, 0.25) is 10.0 Å². The predicted molar refractivity (Wildman–Crippen MR) is 190 cm³/mol. The predicted octanol–water partition coefficient (Wildman–Crippen LogP) is 5.62. The van der Waals surface area contributed by atoms with Crippen molar-refractivity contribution in [2.75, 3.05) is 60.0 Å². The summed E-state index contributed by atoms with van der Waals surface area (Å²) in [6.07, 6.45) is 5.27. The summed E-state index contributed by atoms with van der Waals surface area (Å²) in [5.41, 5.74) is 6.68. The van der Waals surface area contributed by atoms with Crippen LogP contribution in [0.5, 0.6) is 5.75 Å². The number of ether oxygens (including phenoxy) is 2. The molecule has 1 atom stereocenters. The zero-order valence-corrected chi connectivity index (χ0v) is 29.6. The summed E-state index contributed by atoms with van der Waals surface area (Å²) >= 11 is 12.8. The van der Waals surface area contributed by atoms with Gasteiger partial charge in [0.2, 0.25) is 5.91 Å². The van der Waals surface area contributed by atoms with Crippen LogP contribution in [0.1, 0.15) is 65.9 Å². The number of hydrogen-bond acceptors (Lipinski definition) is 8. The fourth-order valence-corrected chi connectivity index (χ4v) is 7.66. The van der Waals surface area contributed by atoms with Crippen molar-refractivity contribution in [1.29, 1.82) is 5.26 Å². The van der Waals surface area contributed by atoms with E-state index >= 15 is 0 Å². The van der Waals surface area contributed by atoms with Crippen molar-refractivity contribution in [1.82, 2.24) is 14.7 Å². The highest BCUT2D eigenvalue weighted by atomic mass is 35.5. The Kier molecular flexibility index (Phi) is 12.0. The summed E-state index contributed by atoms with van der Waals surface area (Å²) in [7, 11) is 2.70. The number of methoxy groups -OCH3 is 2. The van der Waals surface area contributed by atoms with Crippen LogP contribution in [0, 0.1) is 11.3 Å². The Morgan fingerprint density at radius 1 is 1.00 bits per heavy atom. The molecule has 260 valence electrons. The lowest BCUT2D eigenvalue weighted by Gasteiger charge is -2.48. The number of hydrogen-bond donors (Lipinski definition) is 1. The molecule has 2 fully saturated rings.